The summed E-state index contributed by atoms with van der Waals surface area (Å²) in [5.41, 5.74) is 5.53. The average Bonchev–Trinajstić information content (AvgIpc) is 3.30. The van der Waals surface area contributed by atoms with Crippen molar-refractivity contribution in [2.45, 2.75) is 94.8 Å². The predicted octanol–water partition coefficient (Wildman–Crippen LogP) is 9.42. The molecule has 0 heterocycles. The van der Waals surface area contributed by atoms with Crippen LogP contribution in [0.25, 0.3) is 0 Å². The van der Waals surface area contributed by atoms with Gasteiger partial charge in [-0.15, -0.1) is 0 Å². The van der Waals surface area contributed by atoms with Gasteiger partial charge in [0.05, 0.1) is 0 Å². The van der Waals surface area contributed by atoms with Crippen LogP contribution in [0, 0.1) is 53.3 Å². The third kappa shape index (κ3) is 4.03. The summed E-state index contributed by atoms with van der Waals surface area (Å²) < 4.78 is 0. The molecule has 0 amide bonds. The molecule has 192 valence electrons. The summed E-state index contributed by atoms with van der Waals surface area (Å²) in [6.45, 7) is 2.44. The van der Waals surface area contributed by atoms with Gasteiger partial charge in [-0.1, -0.05) is 63.4 Å². The van der Waals surface area contributed by atoms with E-state index in [1.165, 1.54) is 18.1 Å². The molecule has 1 aromatic carbocycles. The molecule has 8 bridgehead atoms. The van der Waals surface area contributed by atoms with Crippen molar-refractivity contribution in [2.24, 2.45) is 53.3 Å². The second-order valence-corrected chi connectivity index (χ2v) is 17.4. The molecule has 0 spiro atoms. The number of hydrogen-bond donors (Lipinski definition) is 0. The summed E-state index contributed by atoms with van der Waals surface area (Å²) in [5.74, 6) is 10.2. The minimum absolute atomic E-state index is 0.126. The number of hydrogen-bond acceptors (Lipinski definition) is 0. The zero-order valence-electron chi connectivity index (χ0n) is 22.5. The van der Waals surface area contributed by atoms with E-state index in [0.29, 0.717) is 11.8 Å². The molecule has 0 aliphatic heterocycles. The van der Waals surface area contributed by atoms with Crippen molar-refractivity contribution in [3.63, 3.8) is 0 Å². The molecule has 2 unspecified atom stereocenters. The molecule has 0 saturated heterocycles. The van der Waals surface area contributed by atoms with Gasteiger partial charge in [0, 0.05) is 0 Å². The Morgan fingerprint density at radius 1 is 0.694 bits per heavy atom. The van der Waals surface area contributed by atoms with Crippen LogP contribution in [0.5, 0.6) is 0 Å². The molecule has 9 aliphatic carbocycles. The Hall–Kier alpha value is -0.870. The van der Waals surface area contributed by atoms with E-state index in [1.807, 2.05) is 0 Å². The van der Waals surface area contributed by atoms with Crippen LogP contribution < -0.4 is 0 Å². The molecule has 1 heteroatoms. The van der Waals surface area contributed by atoms with Crippen LogP contribution in [0.1, 0.15) is 89.0 Å². The van der Waals surface area contributed by atoms with Crippen LogP contribution in [0.2, 0.25) is 0 Å². The Kier molecular flexibility index (Phi) is 5.83. The molecule has 10 rings (SSSR count). The third-order valence-electron chi connectivity index (χ3n) is 12.5. The van der Waals surface area contributed by atoms with E-state index in [2.05, 4.69) is 55.5 Å². The Morgan fingerprint density at radius 2 is 1.19 bits per heavy atom. The Morgan fingerprint density at radius 3 is 1.69 bits per heavy atom. The van der Waals surface area contributed by atoms with Gasteiger partial charge in [-0.05, 0) is 158 Å². The first-order valence-corrected chi connectivity index (χ1v) is 17.5. The van der Waals surface area contributed by atoms with Gasteiger partial charge in [-0.3, -0.25) is 0 Å². The van der Waals surface area contributed by atoms with Crippen molar-refractivity contribution < 1.29 is 0 Å². The van der Waals surface area contributed by atoms with Crippen molar-refractivity contribution in [3.8, 4) is 0 Å². The Bertz CT molecular complexity index is 920. The normalized spacial score (nSPS) is 47.4. The minimum Gasteiger partial charge on any atom is -0.0947 e. The van der Waals surface area contributed by atoms with E-state index < -0.39 is 0 Å². The van der Waals surface area contributed by atoms with Gasteiger partial charge in [-0.25, -0.2) is 0 Å². The van der Waals surface area contributed by atoms with E-state index in [4.69, 9.17) is 0 Å². The maximum absolute atomic E-state index is 2.74. The van der Waals surface area contributed by atoms with E-state index >= 15 is 0 Å². The van der Waals surface area contributed by atoms with Crippen molar-refractivity contribution in [1.82, 2.24) is 0 Å². The quantitative estimate of drug-likeness (QED) is 0.328. The van der Waals surface area contributed by atoms with Crippen molar-refractivity contribution in [2.75, 3.05) is 6.16 Å². The minimum atomic E-state index is 0.126. The third-order valence-corrected chi connectivity index (χ3v) is 16.4. The Labute approximate surface area is 221 Å². The van der Waals surface area contributed by atoms with Crippen molar-refractivity contribution in [3.05, 3.63) is 59.7 Å². The highest BCUT2D eigenvalue weighted by Crippen LogP contribution is 2.71. The number of benzene rings is 1. The molecule has 8 fully saturated rings. The SMILES string of the molecule is CC(CC1C=CC(CP(C2C3CC4CC(C3)CC2C4)C2C3CC4CC(C3)CC2C4)=C1)c1ccccc1. The number of rotatable bonds is 7. The molecule has 1 aromatic rings. The molecule has 0 N–H and O–H groups in total. The summed E-state index contributed by atoms with van der Waals surface area (Å²) in [4.78, 5) is 0. The van der Waals surface area contributed by atoms with Gasteiger partial charge in [-0.2, -0.15) is 0 Å². The molecule has 0 nitrogen and oxygen atoms in total. The van der Waals surface area contributed by atoms with Crippen LogP contribution in [0.4, 0.5) is 0 Å². The standard InChI is InChI=1S/C35H47P/c1-22(29-5-3-2-4-6-29)9-23-7-8-24(10-23)21-36(34-30-13-25-11-26(15-30)16-31(34)14-25)35-32-17-27-12-28(19-32)20-33(35)18-27/h2-8,10,22-23,25-28,30-35H,9,11-21H2,1H3. The summed E-state index contributed by atoms with van der Waals surface area (Å²) in [6.07, 6.45) is 26.9. The van der Waals surface area contributed by atoms with E-state index in [-0.39, 0.29) is 7.92 Å². The van der Waals surface area contributed by atoms with Gasteiger partial charge in [0.25, 0.3) is 0 Å². The summed E-state index contributed by atoms with van der Waals surface area (Å²) >= 11 is 0. The largest absolute Gasteiger partial charge is 0.0947 e. The lowest BCUT2D eigenvalue weighted by Gasteiger charge is -2.62. The summed E-state index contributed by atoms with van der Waals surface area (Å²) in [5, 5.41) is 0. The topological polar surface area (TPSA) is 0 Å². The smallest absolute Gasteiger partial charge is 0.00386 e. The molecule has 0 radical (unpaired) electrons. The van der Waals surface area contributed by atoms with E-state index in [9.17, 15) is 0 Å². The predicted molar refractivity (Wildman–Crippen MR) is 154 cm³/mol. The first kappa shape index (κ1) is 23.1. The Balaban J connectivity index is 1.05. The van der Waals surface area contributed by atoms with Gasteiger partial charge in [0.15, 0.2) is 0 Å². The molecule has 2 atom stereocenters. The average molecular weight is 499 g/mol. The van der Waals surface area contributed by atoms with Crippen LogP contribution >= 0.6 is 7.92 Å². The first-order chi connectivity index (χ1) is 17.7. The molecule has 8 saturated carbocycles. The lowest BCUT2D eigenvalue weighted by atomic mass is 9.55. The zero-order valence-corrected chi connectivity index (χ0v) is 23.4. The number of allylic oxidation sites excluding steroid dienone is 4. The highest BCUT2D eigenvalue weighted by Gasteiger charge is 2.56. The first-order valence-electron chi connectivity index (χ1n) is 15.9. The second-order valence-electron chi connectivity index (χ2n) is 14.8. The monoisotopic (exact) mass is 498 g/mol. The van der Waals surface area contributed by atoms with E-state index in [0.717, 1.165) is 58.7 Å². The summed E-state index contributed by atoms with van der Waals surface area (Å²) in [7, 11) is 0.126. The van der Waals surface area contributed by atoms with Crippen LogP contribution in [0.15, 0.2) is 54.1 Å². The lowest BCUT2D eigenvalue weighted by molar-refractivity contribution is 0.0131. The van der Waals surface area contributed by atoms with Crippen LogP contribution in [-0.2, 0) is 0 Å². The molecule has 9 aliphatic rings. The highest BCUT2D eigenvalue weighted by atomic mass is 31.1. The fraction of sp³-hybridized carbons (Fsp3) is 0.714. The fourth-order valence-electron chi connectivity index (χ4n) is 11.7. The maximum atomic E-state index is 2.74. The summed E-state index contributed by atoms with van der Waals surface area (Å²) in [6, 6.07) is 11.2. The van der Waals surface area contributed by atoms with Gasteiger partial charge < -0.3 is 0 Å². The van der Waals surface area contributed by atoms with Gasteiger partial charge in [0.2, 0.25) is 0 Å². The van der Waals surface area contributed by atoms with Gasteiger partial charge in [0.1, 0.15) is 0 Å². The van der Waals surface area contributed by atoms with Crippen molar-refractivity contribution >= 4 is 7.92 Å². The molecule has 0 aromatic heterocycles. The zero-order chi connectivity index (χ0) is 23.8. The highest BCUT2D eigenvalue weighted by molar-refractivity contribution is 7.59. The van der Waals surface area contributed by atoms with Gasteiger partial charge >= 0.3 is 0 Å². The van der Waals surface area contributed by atoms with Crippen molar-refractivity contribution in [1.29, 1.82) is 0 Å². The van der Waals surface area contributed by atoms with Crippen LogP contribution in [-0.4, -0.2) is 17.5 Å². The molecular weight excluding hydrogens is 451 g/mol. The molecule has 36 heavy (non-hydrogen) atoms. The molecular formula is C35H47P. The fourth-order valence-corrected chi connectivity index (χ4v) is 16.3. The lowest BCUT2D eigenvalue weighted by Crippen LogP contribution is -2.53. The maximum Gasteiger partial charge on any atom is -0.00386 e. The van der Waals surface area contributed by atoms with Crippen LogP contribution in [0.3, 0.4) is 0 Å². The van der Waals surface area contributed by atoms with E-state index in [1.54, 1.807) is 69.8 Å². The second kappa shape index (κ2) is 9.11.